The van der Waals surface area contributed by atoms with Crippen molar-refractivity contribution in [3.8, 4) is 0 Å². The van der Waals surface area contributed by atoms with Crippen LogP contribution in [0.1, 0.15) is 17.7 Å². The van der Waals surface area contributed by atoms with Gasteiger partial charge in [-0.15, -0.1) is 0 Å². The minimum absolute atomic E-state index is 0.0801. The monoisotopic (exact) mass is 362 g/mol. The molecular formula is C17H19FN4O2S. The van der Waals surface area contributed by atoms with Crippen molar-refractivity contribution >= 4 is 15.8 Å². The molecular weight excluding hydrogens is 343 g/mol. The lowest BCUT2D eigenvalue weighted by molar-refractivity contribution is 0.0874. The minimum atomic E-state index is -3.62. The molecule has 3 fully saturated rings. The number of benzene rings is 1. The van der Waals surface area contributed by atoms with Gasteiger partial charge in [0.25, 0.3) is 0 Å². The number of aryl methyl sites for hydroxylation is 2. The third kappa shape index (κ3) is 2.69. The van der Waals surface area contributed by atoms with Crippen molar-refractivity contribution in [3.05, 3.63) is 47.7 Å². The molecule has 8 heteroatoms. The lowest BCUT2D eigenvalue weighted by Crippen LogP contribution is -2.70. The number of aromatic nitrogens is 2. The van der Waals surface area contributed by atoms with E-state index in [9.17, 15) is 12.8 Å². The lowest BCUT2D eigenvalue weighted by atomic mass is 9.91. The fourth-order valence-electron chi connectivity index (χ4n) is 3.78. The van der Waals surface area contributed by atoms with Gasteiger partial charge in [-0.05, 0) is 44.0 Å². The molecule has 0 aliphatic carbocycles. The Morgan fingerprint density at radius 3 is 2.48 bits per heavy atom. The number of nitrogens with zero attached hydrogens (tertiary/aromatic N) is 4. The summed E-state index contributed by atoms with van der Waals surface area (Å²) in [6, 6.07) is 5.57. The molecule has 3 aliphatic heterocycles. The second-order valence-electron chi connectivity index (χ2n) is 6.71. The molecule has 25 heavy (non-hydrogen) atoms. The van der Waals surface area contributed by atoms with Gasteiger partial charge < -0.3 is 4.90 Å². The number of hydrogen-bond donors (Lipinski definition) is 0. The van der Waals surface area contributed by atoms with E-state index in [0.717, 1.165) is 17.9 Å². The van der Waals surface area contributed by atoms with E-state index in [1.807, 2.05) is 13.0 Å². The van der Waals surface area contributed by atoms with Gasteiger partial charge in [-0.3, -0.25) is 0 Å². The third-order valence-electron chi connectivity index (χ3n) is 4.93. The van der Waals surface area contributed by atoms with Gasteiger partial charge in [0.1, 0.15) is 18.0 Å². The summed E-state index contributed by atoms with van der Waals surface area (Å²) in [5.74, 6) is 0.405. The maximum atomic E-state index is 13.3. The molecule has 0 spiro atoms. The third-order valence-corrected chi connectivity index (χ3v) is 7.10. The molecule has 6 nitrogen and oxygen atoms in total. The summed E-state index contributed by atoms with van der Waals surface area (Å²) in [7, 11) is -3.62. The summed E-state index contributed by atoms with van der Waals surface area (Å²) in [6.07, 6.45) is 2.38. The number of fused-ring (bicyclic) bond motifs is 2. The highest BCUT2D eigenvalue weighted by Crippen LogP contribution is 2.39. The van der Waals surface area contributed by atoms with Crippen molar-refractivity contribution in [1.29, 1.82) is 0 Å². The van der Waals surface area contributed by atoms with E-state index in [2.05, 4.69) is 14.9 Å². The smallest absolute Gasteiger partial charge is 0.243 e. The number of sulfonamides is 1. The molecule has 5 rings (SSSR count). The van der Waals surface area contributed by atoms with Crippen LogP contribution in [0.25, 0.3) is 0 Å². The van der Waals surface area contributed by atoms with Crippen molar-refractivity contribution in [3.63, 3.8) is 0 Å². The summed E-state index contributed by atoms with van der Waals surface area (Å²) < 4.78 is 40.9. The Balaban J connectivity index is 1.59. The van der Waals surface area contributed by atoms with Gasteiger partial charge in [-0.25, -0.2) is 22.8 Å². The quantitative estimate of drug-likeness (QED) is 0.834. The number of piperazine rings is 1. The molecule has 3 aliphatic rings. The molecule has 3 saturated heterocycles. The van der Waals surface area contributed by atoms with Crippen molar-refractivity contribution in [2.75, 3.05) is 18.0 Å². The van der Waals surface area contributed by atoms with Crippen LogP contribution in [-0.2, 0) is 10.0 Å². The molecule has 1 aromatic carbocycles. The highest BCUT2D eigenvalue weighted by Gasteiger charge is 2.51. The topological polar surface area (TPSA) is 66.4 Å². The zero-order valence-electron chi connectivity index (χ0n) is 14.1. The van der Waals surface area contributed by atoms with Gasteiger partial charge in [-0.1, -0.05) is 0 Å². The number of piperidine rings is 1. The Labute approximate surface area is 146 Å². The Hall–Kier alpha value is -2.06. The van der Waals surface area contributed by atoms with Crippen LogP contribution in [-0.4, -0.2) is 47.9 Å². The van der Waals surface area contributed by atoms with Crippen molar-refractivity contribution in [1.82, 2.24) is 14.3 Å². The van der Waals surface area contributed by atoms with Gasteiger partial charge in [0, 0.05) is 36.9 Å². The van der Waals surface area contributed by atoms with Crippen LogP contribution in [0.5, 0.6) is 0 Å². The standard InChI is InChI=1S/C17H19FN4O2S/c1-11-5-13(18)3-4-16(11)25(23,24)22-14-7-15(22)9-21(8-14)17-6-12(2)19-10-20-17/h3-6,10,14-15H,7-9H2,1-2H3. The van der Waals surface area contributed by atoms with Crippen LogP contribution in [0.4, 0.5) is 10.2 Å². The molecule has 1 aromatic heterocycles. The first-order valence-corrected chi connectivity index (χ1v) is 9.63. The first-order valence-electron chi connectivity index (χ1n) is 8.19. The average Bonchev–Trinajstić information content (AvgIpc) is 2.54. The van der Waals surface area contributed by atoms with E-state index in [0.29, 0.717) is 18.7 Å². The normalized spacial score (nSPS) is 23.4. The molecule has 0 N–H and O–H groups in total. The number of anilines is 1. The summed E-state index contributed by atoms with van der Waals surface area (Å²) in [6.45, 7) is 4.74. The van der Waals surface area contributed by atoms with E-state index in [-0.39, 0.29) is 17.0 Å². The molecule has 132 valence electrons. The van der Waals surface area contributed by atoms with Gasteiger partial charge in [0.05, 0.1) is 4.90 Å². The summed E-state index contributed by atoms with van der Waals surface area (Å²) in [5, 5.41) is 0. The minimum Gasteiger partial charge on any atom is -0.353 e. The Morgan fingerprint density at radius 1 is 1.12 bits per heavy atom. The second-order valence-corrected chi connectivity index (χ2v) is 8.52. The SMILES string of the molecule is Cc1cc(N2CC3CC(C2)N3S(=O)(=O)c2ccc(F)cc2C)ncn1. The predicted octanol–water partition coefficient (Wildman–Crippen LogP) is 1.88. The highest BCUT2D eigenvalue weighted by atomic mass is 32.2. The molecule has 2 atom stereocenters. The van der Waals surface area contributed by atoms with E-state index >= 15 is 0 Å². The highest BCUT2D eigenvalue weighted by molar-refractivity contribution is 7.89. The first-order chi connectivity index (χ1) is 11.9. The van der Waals surface area contributed by atoms with Crippen LogP contribution < -0.4 is 4.90 Å². The van der Waals surface area contributed by atoms with Crippen molar-refractivity contribution in [2.45, 2.75) is 37.2 Å². The first kappa shape index (κ1) is 16.4. The number of rotatable bonds is 3. The molecule has 0 amide bonds. The lowest BCUT2D eigenvalue weighted by Gasteiger charge is -2.55. The Kier molecular flexibility index (Phi) is 3.77. The van der Waals surface area contributed by atoms with Gasteiger partial charge in [0.2, 0.25) is 10.0 Å². The van der Waals surface area contributed by atoms with Crippen LogP contribution >= 0.6 is 0 Å². The summed E-state index contributed by atoms with van der Waals surface area (Å²) in [4.78, 5) is 10.7. The van der Waals surface area contributed by atoms with E-state index in [1.165, 1.54) is 24.5 Å². The number of hydrogen-bond acceptors (Lipinski definition) is 5. The Morgan fingerprint density at radius 2 is 1.84 bits per heavy atom. The number of halogens is 1. The summed E-state index contributed by atoms with van der Waals surface area (Å²) >= 11 is 0. The fourth-order valence-corrected chi connectivity index (χ4v) is 5.81. The molecule has 0 radical (unpaired) electrons. The van der Waals surface area contributed by atoms with Gasteiger partial charge in [0.15, 0.2) is 0 Å². The van der Waals surface area contributed by atoms with Gasteiger partial charge >= 0.3 is 0 Å². The zero-order valence-corrected chi connectivity index (χ0v) is 14.9. The fraction of sp³-hybridized carbons (Fsp3) is 0.412. The van der Waals surface area contributed by atoms with E-state index < -0.39 is 15.8 Å². The van der Waals surface area contributed by atoms with Crippen LogP contribution in [0, 0.1) is 19.7 Å². The van der Waals surface area contributed by atoms with Crippen LogP contribution in [0.3, 0.4) is 0 Å². The van der Waals surface area contributed by atoms with Crippen LogP contribution in [0.2, 0.25) is 0 Å². The van der Waals surface area contributed by atoms with Gasteiger partial charge in [-0.2, -0.15) is 4.31 Å². The second kappa shape index (κ2) is 5.74. The molecule has 2 bridgehead atoms. The van der Waals surface area contributed by atoms with Crippen LogP contribution in [0.15, 0.2) is 35.5 Å². The largest absolute Gasteiger partial charge is 0.353 e. The average molecular weight is 362 g/mol. The van der Waals surface area contributed by atoms with Crippen molar-refractivity contribution < 1.29 is 12.8 Å². The van der Waals surface area contributed by atoms with Crippen molar-refractivity contribution in [2.24, 2.45) is 0 Å². The maximum Gasteiger partial charge on any atom is 0.243 e. The Bertz CT molecular complexity index is 922. The summed E-state index contributed by atoms with van der Waals surface area (Å²) in [5.41, 5.74) is 1.32. The van der Waals surface area contributed by atoms with E-state index in [4.69, 9.17) is 0 Å². The van der Waals surface area contributed by atoms with E-state index in [1.54, 1.807) is 11.2 Å². The maximum absolute atomic E-state index is 13.3. The molecule has 0 saturated carbocycles. The zero-order chi connectivity index (χ0) is 17.8. The molecule has 4 heterocycles. The predicted molar refractivity (Wildman–Crippen MR) is 91.3 cm³/mol. The molecule has 2 unspecified atom stereocenters. The molecule has 2 aromatic rings.